The van der Waals surface area contributed by atoms with Crippen LogP contribution in [0.3, 0.4) is 0 Å². The van der Waals surface area contributed by atoms with E-state index in [1.165, 1.54) is 25.1 Å². The first-order chi connectivity index (χ1) is 8.16. The lowest BCUT2D eigenvalue weighted by Crippen LogP contribution is -2.57. The van der Waals surface area contributed by atoms with E-state index in [1.807, 2.05) is 0 Å². The fraction of sp³-hybridized carbons (Fsp3) is 0.600. The summed E-state index contributed by atoms with van der Waals surface area (Å²) in [6, 6.07) is 11.8. The van der Waals surface area contributed by atoms with E-state index in [2.05, 4.69) is 54.4 Å². The Balaban J connectivity index is 1.65. The van der Waals surface area contributed by atoms with E-state index in [9.17, 15) is 0 Å². The van der Waals surface area contributed by atoms with Gasteiger partial charge >= 0.3 is 0 Å². The van der Waals surface area contributed by atoms with Crippen LogP contribution in [-0.4, -0.2) is 36.1 Å². The third kappa shape index (κ3) is 2.38. The molecule has 92 valence electrons. The highest BCUT2D eigenvalue weighted by Crippen LogP contribution is 2.45. The van der Waals surface area contributed by atoms with Crippen LogP contribution >= 0.6 is 0 Å². The molecule has 2 heteroatoms. The summed E-state index contributed by atoms with van der Waals surface area (Å²) >= 11 is 0. The molecule has 2 fully saturated rings. The molecule has 1 aromatic carbocycles. The number of rotatable bonds is 2. The van der Waals surface area contributed by atoms with Gasteiger partial charge in [-0.05, 0) is 25.8 Å². The van der Waals surface area contributed by atoms with Crippen molar-refractivity contribution in [2.24, 2.45) is 0 Å². The number of hydrogen-bond donors (Lipinski definition) is 1. The average molecular weight is 230 g/mol. The van der Waals surface area contributed by atoms with Gasteiger partial charge in [0.05, 0.1) is 0 Å². The monoisotopic (exact) mass is 230 g/mol. The fourth-order valence-electron chi connectivity index (χ4n) is 3.11. The molecule has 1 aliphatic heterocycles. The smallest absolute Gasteiger partial charge is 0.0252 e. The molecule has 0 aromatic heterocycles. The van der Waals surface area contributed by atoms with Crippen molar-refractivity contribution < 1.29 is 0 Å². The second kappa shape index (κ2) is 4.11. The van der Waals surface area contributed by atoms with Gasteiger partial charge in [-0.1, -0.05) is 30.3 Å². The van der Waals surface area contributed by atoms with Crippen molar-refractivity contribution in [3.05, 3.63) is 35.9 Å². The maximum absolute atomic E-state index is 3.58. The molecule has 3 rings (SSSR count). The molecule has 1 heterocycles. The topological polar surface area (TPSA) is 15.3 Å². The Bertz CT molecular complexity index is 385. The first-order valence-electron chi connectivity index (χ1n) is 6.70. The van der Waals surface area contributed by atoms with E-state index in [4.69, 9.17) is 0 Å². The highest BCUT2D eigenvalue weighted by Gasteiger charge is 2.44. The molecule has 1 aliphatic carbocycles. The Labute approximate surface area is 104 Å². The lowest BCUT2D eigenvalue weighted by molar-refractivity contribution is 0.145. The lowest BCUT2D eigenvalue weighted by Gasteiger charge is -2.39. The summed E-state index contributed by atoms with van der Waals surface area (Å²) in [6.45, 7) is 8.13. The third-order valence-electron chi connectivity index (χ3n) is 4.05. The molecular formula is C15H22N2. The third-order valence-corrected chi connectivity index (χ3v) is 4.05. The summed E-state index contributed by atoms with van der Waals surface area (Å²) in [6.07, 6.45) is 1.35. The van der Waals surface area contributed by atoms with Crippen molar-refractivity contribution in [1.82, 2.24) is 10.2 Å². The first kappa shape index (κ1) is 11.2. The molecule has 2 aliphatic rings. The summed E-state index contributed by atoms with van der Waals surface area (Å²) in [5.74, 6) is 0.782. The molecule has 1 aromatic rings. The maximum atomic E-state index is 3.58. The van der Waals surface area contributed by atoms with Crippen LogP contribution in [0.5, 0.6) is 0 Å². The van der Waals surface area contributed by atoms with Crippen LogP contribution in [0.4, 0.5) is 0 Å². The van der Waals surface area contributed by atoms with Crippen LogP contribution in [-0.2, 0) is 0 Å². The van der Waals surface area contributed by atoms with Gasteiger partial charge in [0.25, 0.3) is 0 Å². The Morgan fingerprint density at radius 3 is 2.71 bits per heavy atom. The highest BCUT2D eigenvalue weighted by atomic mass is 15.3. The standard InChI is InChI=1S/C15H22N2/c1-15(2)11-17(9-8-16-15)14-10-13(14)12-6-4-3-5-7-12/h3-7,13-14,16H,8-11H2,1-2H3. The minimum Gasteiger partial charge on any atom is -0.309 e. The van der Waals surface area contributed by atoms with Crippen molar-refractivity contribution in [3.63, 3.8) is 0 Å². The second-order valence-electron chi connectivity index (χ2n) is 6.10. The second-order valence-corrected chi connectivity index (χ2v) is 6.10. The average Bonchev–Trinajstić information content (AvgIpc) is 3.09. The molecule has 1 N–H and O–H groups in total. The van der Waals surface area contributed by atoms with Gasteiger partial charge in [0.1, 0.15) is 0 Å². The van der Waals surface area contributed by atoms with Gasteiger partial charge in [-0.25, -0.2) is 0 Å². The SMILES string of the molecule is CC1(C)CN(C2CC2c2ccccc2)CCN1. The minimum atomic E-state index is 0.280. The molecular weight excluding hydrogens is 208 g/mol. The molecule has 1 saturated carbocycles. The van der Waals surface area contributed by atoms with Crippen molar-refractivity contribution >= 4 is 0 Å². The summed E-state index contributed by atoms with van der Waals surface area (Å²) in [5.41, 5.74) is 1.80. The van der Waals surface area contributed by atoms with Crippen LogP contribution in [0, 0.1) is 0 Å². The van der Waals surface area contributed by atoms with E-state index in [0.717, 1.165) is 18.5 Å². The van der Waals surface area contributed by atoms with Gasteiger partial charge in [-0.15, -0.1) is 0 Å². The molecule has 2 unspecified atom stereocenters. The molecule has 2 atom stereocenters. The van der Waals surface area contributed by atoms with E-state index in [1.54, 1.807) is 0 Å². The number of nitrogens with zero attached hydrogens (tertiary/aromatic N) is 1. The Hall–Kier alpha value is -0.860. The molecule has 0 radical (unpaired) electrons. The van der Waals surface area contributed by atoms with Gasteiger partial charge in [0, 0.05) is 37.1 Å². The van der Waals surface area contributed by atoms with Crippen LogP contribution in [0.2, 0.25) is 0 Å². The number of piperazine rings is 1. The van der Waals surface area contributed by atoms with Gasteiger partial charge in [-0.2, -0.15) is 0 Å². The molecule has 1 saturated heterocycles. The van der Waals surface area contributed by atoms with Gasteiger partial charge in [-0.3, -0.25) is 4.90 Å². The molecule has 0 bridgehead atoms. The highest BCUT2D eigenvalue weighted by molar-refractivity contribution is 5.28. The molecule has 2 nitrogen and oxygen atoms in total. The Morgan fingerprint density at radius 1 is 1.24 bits per heavy atom. The quantitative estimate of drug-likeness (QED) is 0.838. The largest absolute Gasteiger partial charge is 0.309 e. The van der Waals surface area contributed by atoms with Crippen molar-refractivity contribution in [1.29, 1.82) is 0 Å². The van der Waals surface area contributed by atoms with E-state index < -0.39 is 0 Å². The van der Waals surface area contributed by atoms with E-state index >= 15 is 0 Å². The summed E-state index contributed by atoms with van der Waals surface area (Å²) in [5, 5.41) is 3.58. The van der Waals surface area contributed by atoms with Gasteiger partial charge in [0.15, 0.2) is 0 Å². The van der Waals surface area contributed by atoms with Crippen LogP contribution in [0.25, 0.3) is 0 Å². The summed E-state index contributed by atoms with van der Waals surface area (Å²) in [7, 11) is 0. The minimum absolute atomic E-state index is 0.280. The number of hydrogen-bond acceptors (Lipinski definition) is 2. The van der Waals surface area contributed by atoms with Crippen molar-refractivity contribution in [3.8, 4) is 0 Å². The predicted molar refractivity (Wildman–Crippen MR) is 71.2 cm³/mol. The van der Waals surface area contributed by atoms with E-state index in [0.29, 0.717) is 0 Å². The summed E-state index contributed by atoms with van der Waals surface area (Å²) < 4.78 is 0. The normalized spacial score (nSPS) is 32.4. The Kier molecular flexibility index (Phi) is 2.72. The molecule has 0 amide bonds. The maximum Gasteiger partial charge on any atom is 0.0252 e. The lowest BCUT2D eigenvalue weighted by atomic mass is 10.0. The molecule has 17 heavy (non-hydrogen) atoms. The summed E-state index contributed by atoms with van der Waals surface area (Å²) in [4.78, 5) is 2.67. The zero-order valence-electron chi connectivity index (χ0n) is 10.8. The van der Waals surface area contributed by atoms with Crippen LogP contribution in [0.1, 0.15) is 31.7 Å². The zero-order chi connectivity index (χ0) is 11.9. The van der Waals surface area contributed by atoms with Gasteiger partial charge in [0.2, 0.25) is 0 Å². The van der Waals surface area contributed by atoms with Crippen LogP contribution in [0.15, 0.2) is 30.3 Å². The van der Waals surface area contributed by atoms with Crippen molar-refractivity contribution in [2.75, 3.05) is 19.6 Å². The van der Waals surface area contributed by atoms with Crippen LogP contribution < -0.4 is 5.32 Å². The van der Waals surface area contributed by atoms with E-state index in [-0.39, 0.29) is 5.54 Å². The predicted octanol–water partition coefficient (Wildman–Crippen LogP) is 2.23. The number of nitrogens with one attached hydrogen (secondary N) is 1. The zero-order valence-corrected chi connectivity index (χ0v) is 10.8. The number of benzene rings is 1. The van der Waals surface area contributed by atoms with Gasteiger partial charge < -0.3 is 5.32 Å². The Morgan fingerprint density at radius 2 is 2.00 bits per heavy atom. The molecule has 0 spiro atoms. The van der Waals surface area contributed by atoms with Crippen molar-refractivity contribution in [2.45, 2.75) is 37.8 Å². The first-order valence-corrected chi connectivity index (χ1v) is 6.70. The fourth-order valence-corrected chi connectivity index (χ4v) is 3.11.